The molecule has 5 nitrogen and oxygen atoms in total. The van der Waals surface area contributed by atoms with Crippen LogP contribution in [0.5, 0.6) is 0 Å². The van der Waals surface area contributed by atoms with Crippen LogP contribution in [0.15, 0.2) is 30.3 Å². The number of likely N-dealkylation sites (tertiary alicyclic amines) is 1. The van der Waals surface area contributed by atoms with E-state index in [1.54, 1.807) is 29.2 Å². The van der Waals surface area contributed by atoms with E-state index >= 15 is 0 Å². The van der Waals surface area contributed by atoms with Crippen LogP contribution in [-0.2, 0) is 9.53 Å². The molecule has 1 saturated heterocycles. The van der Waals surface area contributed by atoms with E-state index in [1.807, 2.05) is 6.07 Å². The van der Waals surface area contributed by atoms with E-state index < -0.39 is 18.0 Å². The number of nitrogens with zero attached hydrogens (tertiary/aromatic N) is 1. The van der Waals surface area contributed by atoms with Crippen molar-refractivity contribution in [1.82, 2.24) is 4.90 Å². The van der Waals surface area contributed by atoms with E-state index in [4.69, 9.17) is 4.74 Å². The number of ether oxygens (including phenoxy) is 1. The van der Waals surface area contributed by atoms with Crippen molar-refractivity contribution < 1.29 is 19.4 Å². The second-order valence-corrected chi connectivity index (χ2v) is 4.57. The van der Waals surface area contributed by atoms with E-state index in [-0.39, 0.29) is 6.61 Å². The summed E-state index contributed by atoms with van der Waals surface area (Å²) in [5.41, 5.74) is 0.643. The largest absolute Gasteiger partial charge is 0.481 e. The molecule has 0 spiro atoms. The fourth-order valence-electron chi connectivity index (χ4n) is 2.14. The van der Waals surface area contributed by atoms with Crippen molar-refractivity contribution in [2.75, 3.05) is 19.7 Å². The van der Waals surface area contributed by atoms with Crippen LogP contribution in [0.25, 0.3) is 0 Å². The van der Waals surface area contributed by atoms with Crippen LogP contribution in [0.2, 0.25) is 0 Å². The van der Waals surface area contributed by atoms with Gasteiger partial charge in [-0.1, -0.05) is 30.3 Å². The van der Waals surface area contributed by atoms with Gasteiger partial charge in [0.05, 0.1) is 0 Å². The molecule has 1 aliphatic heterocycles. The molecule has 1 N–H and O–H groups in total. The van der Waals surface area contributed by atoms with Gasteiger partial charge >= 0.3 is 12.1 Å². The average molecular weight is 263 g/mol. The molecule has 2 rings (SSSR count). The van der Waals surface area contributed by atoms with Gasteiger partial charge in [0.15, 0.2) is 0 Å². The van der Waals surface area contributed by atoms with E-state index in [0.717, 1.165) is 12.8 Å². The number of amides is 1. The number of hydrogen-bond donors (Lipinski definition) is 1. The van der Waals surface area contributed by atoms with Crippen LogP contribution >= 0.6 is 0 Å². The Labute approximate surface area is 111 Å². The van der Waals surface area contributed by atoms with Gasteiger partial charge in [-0.3, -0.25) is 4.79 Å². The molecule has 102 valence electrons. The summed E-state index contributed by atoms with van der Waals surface area (Å²) in [7, 11) is 0. The molecule has 1 unspecified atom stereocenters. The van der Waals surface area contributed by atoms with Crippen LogP contribution in [-0.4, -0.2) is 41.8 Å². The molecular weight excluding hydrogens is 246 g/mol. The number of carboxylic acid groups (broad SMARTS) is 1. The maximum atomic E-state index is 11.7. The Hall–Kier alpha value is -2.04. The van der Waals surface area contributed by atoms with Crippen LogP contribution < -0.4 is 0 Å². The smallest absolute Gasteiger partial charge is 0.409 e. The molecule has 1 aromatic rings. The molecular formula is C14H17NO4. The predicted molar refractivity (Wildman–Crippen MR) is 69.0 cm³/mol. The lowest BCUT2D eigenvalue weighted by Gasteiger charge is -2.18. The number of aliphatic carboxylic acids is 1. The monoisotopic (exact) mass is 263 g/mol. The second-order valence-electron chi connectivity index (χ2n) is 4.57. The zero-order valence-electron chi connectivity index (χ0n) is 10.6. The molecule has 5 heteroatoms. The second kappa shape index (κ2) is 6.22. The molecule has 19 heavy (non-hydrogen) atoms. The van der Waals surface area contributed by atoms with Crippen LogP contribution in [0, 0.1) is 0 Å². The summed E-state index contributed by atoms with van der Waals surface area (Å²) >= 11 is 0. The van der Waals surface area contributed by atoms with E-state index in [1.165, 1.54) is 0 Å². The maximum Gasteiger partial charge on any atom is 0.409 e. The minimum absolute atomic E-state index is 0.130. The number of rotatable bonds is 4. The number of benzene rings is 1. The first-order chi connectivity index (χ1) is 9.18. The number of carbonyl (C=O) groups excluding carboxylic acids is 1. The first-order valence-electron chi connectivity index (χ1n) is 6.38. The van der Waals surface area contributed by atoms with Gasteiger partial charge in [0.2, 0.25) is 0 Å². The first-order valence-corrected chi connectivity index (χ1v) is 6.38. The molecule has 0 saturated carbocycles. The zero-order valence-corrected chi connectivity index (χ0v) is 10.6. The molecule has 0 aromatic heterocycles. The maximum absolute atomic E-state index is 11.7. The fraction of sp³-hybridized carbons (Fsp3) is 0.429. The van der Waals surface area contributed by atoms with Crippen molar-refractivity contribution in [3.8, 4) is 0 Å². The van der Waals surface area contributed by atoms with Crippen molar-refractivity contribution >= 4 is 12.1 Å². The zero-order chi connectivity index (χ0) is 13.7. The van der Waals surface area contributed by atoms with Gasteiger partial charge < -0.3 is 14.7 Å². The molecule has 1 aliphatic rings. The Kier molecular flexibility index (Phi) is 4.39. The molecule has 1 heterocycles. The average Bonchev–Trinajstić information content (AvgIpc) is 2.93. The number of carbonyl (C=O) groups is 2. The summed E-state index contributed by atoms with van der Waals surface area (Å²) < 4.78 is 5.11. The van der Waals surface area contributed by atoms with Crippen molar-refractivity contribution in [2.45, 2.75) is 18.8 Å². The third kappa shape index (κ3) is 3.47. The van der Waals surface area contributed by atoms with E-state index in [0.29, 0.717) is 18.7 Å². The Morgan fingerprint density at radius 3 is 2.42 bits per heavy atom. The molecule has 0 radical (unpaired) electrons. The van der Waals surface area contributed by atoms with Gasteiger partial charge in [0.1, 0.15) is 12.5 Å². The van der Waals surface area contributed by atoms with Gasteiger partial charge in [-0.05, 0) is 18.4 Å². The third-order valence-electron chi connectivity index (χ3n) is 3.24. The summed E-state index contributed by atoms with van der Waals surface area (Å²) in [6.45, 7) is 1.26. The standard InChI is InChI=1S/C14H17NO4/c16-13(17)12(11-6-2-1-3-7-11)10-19-14(18)15-8-4-5-9-15/h1-3,6-7,12H,4-5,8-10H2,(H,16,17). The lowest BCUT2D eigenvalue weighted by Crippen LogP contribution is -2.30. The van der Waals surface area contributed by atoms with E-state index in [2.05, 4.69) is 0 Å². The van der Waals surface area contributed by atoms with Crippen LogP contribution in [0.1, 0.15) is 24.3 Å². The molecule has 1 aromatic carbocycles. The van der Waals surface area contributed by atoms with Crippen molar-refractivity contribution in [3.05, 3.63) is 35.9 Å². The predicted octanol–water partition coefficient (Wildman–Crippen LogP) is 2.09. The highest BCUT2D eigenvalue weighted by atomic mass is 16.6. The highest BCUT2D eigenvalue weighted by Gasteiger charge is 2.24. The SMILES string of the molecule is O=C(O)C(COC(=O)N1CCCC1)c1ccccc1. The summed E-state index contributed by atoms with van der Waals surface area (Å²) in [5, 5.41) is 9.20. The van der Waals surface area contributed by atoms with Gasteiger partial charge in [-0.25, -0.2) is 4.79 Å². The molecule has 1 amide bonds. The van der Waals surface area contributed by atoms with Gasteiger partial charge in [-0.2, -0.15) is 0 Å². The first kappa shape index (κ1) is 13.4. The Morgan fingerprint density at radius 2 is 1.84 bits per heavy atom. The normalized spacial score (nSPS) is 16.1. The Bertz CT molecular complexity index is 440. The van der Waals surface area contributed by atoms with Gasteiger partial charge in [-0.15, -0.1) is 0 Å². The van der Waals surface area contributed by atoms with Crippen LogP contribution in [0.4, 0.5) is 4.79 Å². The lowest BCUT2D eigenvalue weighted by molar-refractivity contribution is -0.139. The van der Waals surface area contributed by atoms with Gasteiger partial charge in [0.25, 0.3) is 0 Å². The minimum atomic E-state index is -0.986. The van der Waals surface area contributed by atoms with Crippen molar-refractivity contribution in [2.24, 2.45) is 0 Å². The van der Waals surface area contributed by atoms with Crippen molar-refractivity contribution in [3.63, 3.8) is 0 Å². The summed E-state index contributed by atoms with van der Waals surface area (Å²) in [6.07, 6.45) is 1.55. The number of hydrogen-bond acceptors (Lipinski definition) is 3. The minimum Gasteiger partial charge on any atom is -0.481 e. The topological polar surface area (TPSA) is 66.8 Å². The van der Waals surface area contributed by atoms with E-state index in [9.17, 15) is 14.7 Å². The van der Waals surface area contributed by atoms with Crippen molar-refractivity contribution in [1.29, 1.82) is 0 Å². The molecule has 1 fully saturated rings. The molecule has 0 bridgehead atoms. The summed E-state index contributed by atoms with van der Waals surface area (Å²) in [5.74, 6) is -1.80. The van der Waals surface area contributed by atoms with Gasteiger partial charge in [0, 0.05) is 13.1 Å². The quantitative estimate of drug-likeness (QED) is 0.903. The Balaban J connectivity index is 1.94. The highest BCUT2D eigenvalue weighted by molar-refractivity contribution is 5.77. The summed E-state index contributed by atoms with van der Waals surface area (Å²) in [6, 6.07) is 8.81. The summed E-state index contributed by atoms with van der Waals surface area (Å²) in [4.78, 5) is 24.6. The molecule has 0 aliphatic carbocycles. The van der Waals surface area contributed by atoms with Crippen LogP contribution in [0.3, 0.4) is 0 Å². The number of carboxylic acids is 1. The Morgan fingerprint density at radius 1 is 1.21 bits per heavy atom. The highest BCUT2D eigenvalue weighted by Crippen LogP contribution is 2.17. The molecule has 1 atom stereocenters. The third-order valence-corrected chi connectivity index (χ3v) is 3.24. The fourth-order valence-corrected chi connectivity index (χ4v) is 2.14. The lowest BCUT2D eigenvalue weighted by atomic mass is 10.0.